The van der Waals surface area contributed by atoms with Crippen LogP contribution in [0.2, 0.25) is 0 Å². The van der Waals surface area contributed by atoms with E-state index in [1.165, 1.54) is 0 Å². The number of rotatable bonds is 7. The zero-order valence-electron chi connectivity index (χ0n) is 20.1. The average molecular weight is 440 g/mol. The second kappa shape index (κ2) is 12.7. The third-order valence-electron chi connectivity index (χ3n) is 6.08. The Bertz CT molecular complexity index is 637. The normalized spacial score (nSPS) is 28.3. The van der Waals surface area contributed by atoms with Crippen molar-refractivity contribution in [1.29, 1.82) is 0 Å². The van der Waals surface area contributed by atoms with E-state index in [1.54, 1.807) is 6.92 Å². The van der Waals surface area contributed by atoms with E-state index in [-0.39, 0.29) is 30.1 Å². The summed E-state index contributed by atoms with van der Waals surface area (Å²) >= 11 is 0. The molecule has 1 fully saturated rings. The SMILES string of the molecule is CCCC[C@@H](C)[C@@H]1CC(=O)N[C@@H](C(C)C)C(=O)N[C@@H](C)C(=O)N[C@H]([C@@H](C)CC)C(=O)O1. The standard InChI is InChI=1S/C23H41N3O5/c1-8-10-11-15(6)17-12-18(27)25-19(13(3)4)22(29)24-16(7)21(28)26-20(14(5)9-2)23(30)31-17/h13-17,19-20H,8-12H2,1-7H3,(H,24,29)(H,25,27)(H,26,28)/t14-,15+,16-,17-,19-,20+/m0/s1. The van der Waals surface area contributed by atoms with Crippen LogP contribution in [0.1, 0.15) is 80.6 Å². The predicted octanol–water partition coefficient (Wildman–Crippen LogP) is 2.30. The van der Waals surface area contributed by atoms with Crippen LogP contribution >= 0.6 is 0 Å². The van der Waals surface area contributed by atoms with Crippen molar-refractivity contribution in [2.24, 2.45) is 17.8 Å². The van der Waals surface area contributed by atoms with E-state index >= 15 is 0 Å². The van der Waals surface area contributed by atoms with Crippen LogP contribution in [0.15, 0.2) is 0 Å². The molecule has 0 aromatic rings. The molecule has 1 saturated heterocycles. The van der Waals surface area contributed by atoms with Gasteiger partial charge in [-0.15, -0.1) is 0 Å². The molecule has 0 aliphatic carbocycles. The lowest BCUT2D eigenvalue weighted by molar-refractivity contribution is -0.158. The van der Waals surface area contributed by atoms with Gasteiger partial charge in [-0.1, -0.05) is 60.8 Å². The van der Waals surface area contributed by atoms with E-state index in [0.717, 1.165) is 19.3 Å². The number of carbonyl (C=O) groups is 4. The first-order valence-corrected chi connectivity index (χ1v) is 11.6. The fourth-order valence-electron chi connectivity index (χ4n) is 3.56. The van der Waals surface area contributed by atoms with E-state index in [4.69, 9.17) is 4.74 Å². The van der Waals surface area contributed by atoms with Gasteiger partial charge in [-0.05, 0) is 31.1 Å². The lowest BCUT2D eigenvalue weighted by atomic mass is 9.94. The maximum atomic E-state index is 13.0. The molecule has 0 spiro atoms. The monoisotopic (exact) mass is 439 g/mol. The van der Waals surface area contributed by atoms with Gasteiger partial charge in [0.1, 0.15) is 24.2 Å². The van der Waals surface area contributed by atoms with Crippen LogP contribution in [-0.2, 0) is 23.9 Å². The number of hydrogen-bond acceptors (Lipinski definition) is 5. The minimum Gasteiger partial charge on any atom is -0.460 e. The van der Waals surface area contributed by atoms with Crippen molar-refractivity contribution in [3.8, 4) is 0 Å². The summed E-state index contributed by atoms with van der Waals surface area (Å²) in [5.41, 5.74) is 0. The smallest absolute Gasteiger partial charge is 0.329 e. The molecule has 178 valence electrons. The van der Waals surface area contributed by atoms with Gasteiger partial charge >= 0.3 is 5.97 Å². The summed E-state index contributed by atoms with van der Waals surface area (Å²) < 4.78 is 5.82. The molecule has 0 bridgehead atoms. The van der Waals surface area contributed by atoms with Gasteiger partial charge < -0.3 is 20.7 Å². The van der Waals surface area contributed by atoms with Gasteiger partial charge in [-0.3, -0.25) is 14.4 Å². The Kier molecular flexibility index (Phi) is 11.0. The van der Waals surface area contributed by atoms with Crippen molar-refractivity contribution in [2.45, 2.75) is 105 Å². The molecule has 3 amide bonds. The summed E-state index contributed by atoms with van der Waals surface area (Å²) in [6, 6.07) is -2.48. The van der Waals surface area contributed by atoms with E-state index in [2.05, 4.69) is 22.9 Å². The first-order valence-electron chi connectivity index (χ1n) is 11.6. The Hall–Kier alpha value is -2.12. The van der Waals surface area contributed by atoms with Crippen LogP contribution < -0.4 is 16.0 Å². The fourth-order valence-corrected chi connectivity index (χ4v) is 3.56. The van der Waals surface area contributed by atoms with Crippen molar-refractivity contribution in [3.05, 3.63) is 0 Å². The quantitative estimate of drug-likeness (QED) is 0.527. The molecule has 0 radical (unpaired) electrons. The number of nitrogens with one attached hydrogen (secondary N) is 3. The van der Waals surface area contributed by atoms with Gasteiger partial charge in [0.05, 0.1) is 6.42 Å². The number of esters is 1. The Morgan fingerprint density at radius 1 is 0.903 bits per heavy atom. The zero-order valence-corrected chi connectivity index (χ0v) is 20.1. The van der Waals surface area contributed by atoms with E-state index < -0.39 is 42.0 Å². The fraction of sp³-hybridized carbons (Fsp3) is 0.826. The summed E-state index contributed by atoms with van der Waals surface area (Å²) in [7, 11) is 0. The highest BCUT2D eigenvalue weighted by Gasteiger charge is 2.35. The number of unbranched alkanes of at least 4 members (excludes halogenated alkanes) is 1. The van der Waals surface area contributed by atoms with Crippen molar-refractivity contribution in [3.63, 3.8) is 0 Å². The van der Waals surface area contributed by atoms with Gasteiger partial charge in [0.25, 0.3) is 0 Å². The second-order valence-electron chi connectivity index (χ2n) is 9.19. The summed E-state index contributed by atoms with van der Waals surface area (Å²) in [5.74, 6) is -2.13. The molecule has 0 aromatic heterocycles. The number of carbonyl (C=O) groups excluding carboxylic acids is 4. The molecule has 8 nitrogen and oxygen atoms in total. The van der Waals surface area contributed by atoms with Crippen molar-refractivity contribution in [1.82, 2.24) is 16.0 Å². The molecule has 6 atom stereocenters. The molecule has 1 aliphatic rings. The topological polar surface area (TPSA) is 114 Å². The molecule has 0 aromatic carbocycles. The zero-order chi connectivity index (χ0) is 23.7. The maximum absolute atomic E-state index is 13.0. The van der Waals surface area contributed by atoms with Gasteiger partial charge in [-0.25, -0.2) is 4.79 Å². The first-order chi connectivity index (χ1) is 14.5. The number of amides is 3. The second-order valence-corrected chi connectivity index (χ2v) is 9.19. The first kappa shape index (κ1) is 26.9. The predicted molar refractivity (Wildman–Crippen MR) is 119 cm³/mol. The Labute approximate surface area is 186 Å². The van der Waals surface area contributed by atoms with Crippen molar-refractivity contribution in [2.75, 3.05) is 0 Å². The molecule has 1 aliphatic heterocycles. The summed E-state index contributed by atoms with van der Waals surface area (Å²) in [4.78, 5) is 51.3. The van der Waals surface area contributed by atoms with Gasteiger partial charge in [0, 0.05) is 0 Å². The molecule has 3 N–H and O–H groups in total. The van der Waals surface area contributed by atoms with Gasteiger partial charge in [-0.2, -0.15) is 0 Å². The minimum absolute atomic E-state index is 0.0240. The van der Waals surface area contributed by atoms with E-state index in [0.29, 0.717) is 6.42 Å². The molecule has 1 heterocycles. The Morgan fingerprint density at radius 3 is 2.10 bits per heavy atom. The Balaban J connectivity index is 3.28. The van der Waals surface area contributed by atoms with Crippen LogP contribution in [0, 0.1) is 17.8 Å². The molecule has 0 unspecified atom stereocenters. The molecule has 31 heavy (non-hydrogen) atoms. The minimum atomic E-state index is -0.856. The lowest BCUT2D eigenvalue weighted by Gasteiger charge is -2.29. The third-order valence-corrected chi connectivity index (χ3v) is 6.08. The highest BCUT2D eigenvalue weighted by Crippen LogP contribution is 2.21. The molecule has 1 rings (SSSR count). The molecule has 8 heteroatoms. The van der Waals surface area contributed by atoms with Crippen LogP contribution in [0.5, 0.6) is 0 Å². The summed E-state index contributed by atoms with van der Waals surface area (Å²) in [6.07, 6.45) is 2.77. The van der Waals surface area contributed by atoms with Crippen LogP contribution in [0.4, 0.5) is 0 Å². The Morgan fingerprint density at radius 2 is 1.55 bits per heavy atom. The molecular formula is C23H41N3O5. The maximum Gasteiger partial charge on any atom is 0.329 e. The van der Waals surface area contributed by atoms with E-state index in [9.17, 15) is 19.2 Å². The van der Waals surface area contributed by atoms with Crippen LogP contribution in [-0.4, -0.2) is 47.9 Å². The molecule has 0 saturated carbocycles. The highest BCUT2D eigenvalue weighted by molar-refractivity contribution is 5.94. The third kappa shape index (κ3) is 8.15. The lowest BCUT2D eigenvalue weighted by Crippen LogP contribution is -2.56. The van der Waals surface area contributed by atoms with Gasteiger partial charge in [0.15, 0.2) is 0 Å². The van der Waals surface area contributed by atoms with Crippen LogP contribution in [0.3, 0.4) is 0 Å². The summed E-state index contributed by atoms with van der Waals surface area (Å²) in [5, 5.41) is 8.17. The van der Waals surface area contributed by atoms with Crippen molar-refractivity contribution >= 4 is 23.7 Å². The largest absolute Gasteiger partial charge is 0.460 e. The number of ether oxygens (including phenoxy) is 1. The van der Waals surface area contributed by atoms with E-state index in [1.807, 2.05) is 34.6 Å². The van der Waals surface area contributed by atoms with Gasteiger partial charge in [0.2, 0.25) is 17.7 Å². The van der Waals surface area contributed by atoms with Crippen molar-refractivity contribution < 1.29 is 23.9 Å². The summed E-state index contributed by atoms with van der Waals surface area (Å²) in [6.45, 7) is 13.0. The van der Waals surface area contributed by atoms with Crippen LogP contribution in [0.25, 0.3) is 0 Å². The number of cyclic esters (lactones) is 1. The average Bonchev–Trinajstić information content (AvgIpc) is 2.71. The molecular weight excluding hydrogens is 398 g/mol. The number of hydrogen-bond donors (Lipinski definition) is 3. The highest BCUT2D eigenvalue weighted by atomic mass is 16.5.